The molecule has 4 atom stereocenters. The largest absolute Gasteiger partial charge is 0.508 e. The molecule has 3 aliphatic carbocycles. The number of carbonyl (C=O) groups excluding carboxylic acids is 4. The summed E-state index contributed by atoms with van der Waals surface area (Å²) in [6.45, 7) is 0. The van der Waals surface area contributed by atoms with Crippen molar-refractivity contribution >= 4 is 62.1 Å². The number of ketones is 2. The van der Waals surface area contributed by atoms with Crippen molar-refractivity contribution in [2.45, 2.75) is 18.8 Å². The topological polar surface area (TPSA) is 129 Å². The average molecular weight is 708 g/mol. The Labute approximate surface area is 285 Å². The third kappa shape index (κ3) is 5.18. The van der Waals surface area contributed by atoms with Gasteiger partial charge in [0.05, 0.1) is 40.5 Å². The number of amides is 2. The summed E-state index contributed by atoms with van der Waals surface area (Å²) < 4.78 is 5.76. The summed E-state index contributed by atoms with van der Waals surface area (Å²) in [6, 6.07) is 19.1. The Bertz CT molecular complexity index is 2010. The third-order valence-corrected chi connectivity index (χ3v) is 10.2. The molecule has 4 unspecified atom stereocenters. The van der Waals surface area contributed by atoms with Crippen molar-refractivity contribution in [3.63, 3.8) is 0 Å². The van der Waals surface area contributed by atoms with Crippen molar-refractivity contribution in [2.24, 2.45) is 28.0 Å². The van der Waals surface area contributed by atoms with Crippen LogP contribution in [0.3, 0.4) is 0 Å². The molecule has 1 saturated heterocycles. The normalized spacial score (nSPS) is 23.5. The van der Waals surface area contributed by atoms with Gasteiger partial charge < -0.3 is 14.7 Å². The number of fused-ring (bicyclic) bond motifs is 3. The zero-order valence-electron chi connectivity index (χ0n) is 26.4. The van der Waals surface area contributed by atoms with E-state index in [1.165, 1.54) is 30.2 Å². The first kappa shape index (κ1) is 31.4. The molecule has 2 amide bonds. The summed E-state index contributed by atoms with van der Waals surface area (Å²) in [5, 5.41) is 18.8. The summed E-state index contributed by atoms with van der Waals surface area (Å²) in [4.78, 5) is 58.4. The Morgan fingerprint density at radius 3 is 2.21 bits per heavy atom. The summed E-state index contributed by atoms with van der Waals surface area (Å²) in [5.41, 5.74) is 4.77. The zero-order chi connectivity index (χ0) is 33.9. The van der Waals surface area contributed by atoms with Gasteiger partial charge in [-0.1, -0.05) is 17.7 Å². The molecule has 7 rings (SSSR count). The van der Waals surface area contributed by atoms with Crippen LogP contribution in [-0.2, 0) is 19.2 Å². The van der Waals surface area contributed by atoms with Crippen molar-refractivity contribution < 1.29 is 29.0 Å². The van der Waals surface area contributed by atoms with E-state index in [4.69, 9.17) is 4.74 Å². The molecule has 10 nitrogen and oxygen atoms in total. The smallest absolute Gasteiger partial charge is 0.238 e. The molecule has 48 heavy (non-hydrogen) atoms. The Balaban J connectivity index is 1.21. The number of carbonyl (C=O) groups is 4. The lowest BCUT2D eigenvalue weighted by molar-refractivity contribution is -0.123. The monoisotopic (exact) mass is 706 g/mol. The number of hydrogen-bond donors (Lipinski definition) is 1. The second-order valence-corrected chi connectivity index (χ2v) is 13.3. The number of phenolic OH excluding ortho intramolecular Hbond substituents is 1. The maximum absolute atomic E-state index is 14.2. The van der Waals surface area contributed by atoms with Crippen LogP contribution in [0.5, 0.6) is 11.5 Å². The molecule has 1 N–H and O–H groups in total. The highest BCUT2D eigenvalue weighted by atomic mass is 79.9. The SMILES string of the molecule is COc1cc(O)ccc1C1C2=CCC3C(=O)N(c4ccc(N=Nc5ccc(N(C)C)cc5)cc4)C(=O)C3C2CC2=C1C(=O)C=C(Br)C2=O. The molecule has 1 heterocycles. The van der Waals surface area contributed by atoms with Gasteiger partial charge in [0.15, 0.2) is 11.6 Å². The zero-order valence-corrected chi connectivity index (χ0v) is 28.0. The second kappa shape index (κ2) is 12.1. The minimum absolute atomic E-state index is 0.0121. The molecule has 0 bridgehead atoms. The number of hydrogen-bond acceptors (Lipinski definition) is 9. The maximum atomic E-state index is 14.2. The standard InChI is InChI=1S/C37H31BrN4O6/c1-41(2)21-8-4-19(5-9-21)39-40-20-6-10-22(11-7-20)42-36(46)26-15-14-24-27(33(26)37(42)47)17-28-34(30(44)18-29(38)35(28)45)32(24)25-13-12-23(43)16-31(25)48-3/h4-14,16,18,26-27,32-33,43H,15,17H2,1-3H3. The molecule has 11 heteroatoms. The molecule has 242 valence electrons. The number of anilines is 2. The minimum Gasteiger partial charge on any atom is -0.508 e. The van der Waals surface area contributed by atoms with Crippen LogP contribution >= 0.6 is 15.9 Å². The lowest BCUT2D eigenvalue weighted by atomic mass is 9.59. The first-order valence-electron chi connectivity index (χ1n) is 15.5. The van der Waals surface area contributed by atoms with Crippen LogP contribution in [0.2, 0.25) is 0 Å². The minimum atomic E-state index is -0.728. The highest BCUT2D eigenvalue weighted by Crippen LogP contribution is 2.56. The summed E-state index contributed by atoms with van der Waals surface area (Å²) in [5.74, 6) is -3.48. The number of Topliss-reactive ketones (excluding diaryl/α,β-unsaturated/α-hetero) is 1. The molecular formula is C37H31BrN4O6. The van der Waals surface area contributed by atoms with E-state index in [1.54, 1.807) is 30.3 Å². The van der Waals surface area contributed by atoms with Crippen molar-refractivity contribution in [3.8, 4) is 11.5 Å². The predicted octanol–water partition coefficient (Wildman–Crippen LogP) is 6.85. The van der Waals surface area contributed by atoms with Gasteiger partial charge in [-0.3, -0.25) is 24.1 Å². The number of rotatable bonds is 6. The van der Waals surface area contributed by atoms with Gasteiger partial charge in [-0.15, -0.1) is 0 Å². The van der Waals surface area contributed by atoms with Gasteiger partial charge >= 0.3 is 0 Å². The summed E-state index contributed by atoms with van der Waals surface area (Å²) in [7, 11) is 5.39. The number of halogens is 1. The number of allylic oxidation sites excluding steroid dienone is 6. The van der Waals surface area contributed by atoms with Crippen LogP contribution in [0.1, 0.15) is 24.3 Å². The van der Waals surface area contributed by atoms with Crippen LogP contribution in [-0.4, -0.2) is 49.7 Å². The number of azo groups is 1. The quantitative estimate of drug-likeness (QED) is 0.129. The van der Waals surface area contributed by atoms with Gasteiger partial charge in [-0.25, -0.2) is 0 Å². The van der Waals surface area contributed by atoms with Gasteiger partial charge in [0.2, 0.25) is 11.8 Å². The number of imide groups is 1. The fourth-order valence-corrected chi connectivity index (χ4v) is 7.80. The van der Waals surface area contributed by atoms with E-state index < -0.39 is 23.7 Å². The van der Waals surface area contributed by atoms with Crippen LogP contribution in [0.4, 0.5) is 22.7 Å². The van der Waals surface area contributed by atoms with Gasteiger partial charge in [0, 0.05) is 54.6 Å². The van der Waals surface area contributed by atoms with E-state index in [-0.39, 0.29) is 40.0 Å². The van der Waals surface area contributed by atoms with Crippen molar-refractivity contribution in [2.75, 3.05) is 31.0 Å². The number of benzene rings is 3. The van der Waals surface area contributed by atoms with Crippen LogP contribution in [0.25, 0.3) is 0 Å². The number of phenols is 1. The molecule has 0 radical (unpaired) electrons. The lowest BCUT2D eigenvalue weighted by Gasteiger charge is -2.42. The van der Waals surface area contributed by atoms with Gasteiger partial charge in [0.1, 0.15) is 11.5 Å². The van der Waals surface area contributed by atoms with Crippen LogP contribution in [0.15, 0.2) is 110 Å². The van der Waals surface area contributed by atoms with E-state index >= 15 is 0 Å². The molecule has 0 spiro atoms. The van der Waals surface area contributed by atoms with E-state index in [9.17, 15) is 24.3 Å². The first-order chi connectivity index (χ1) is 23.1. The van der Waals surface area contributed by atoms with E-state index in [2.05, 4.69) is 26.2 Å². The fraction of sp³-hybridized carbons (Fsp3) is 0.243. The molecule has 3 aromatic rings. The highest BCUT2D eigenvalue weighted by molar-refractivity contribution is 9.12. The molecule has 1 fully saturated rings. The summed E-state index contributed by atoms with van der Waals surface area (Å²) in [6.07, 6.45) is 3.68. The Morgan fingerprint density at radius 2 is 1.56 bits per heavy atom. The maximum Gasteiger partial charge on any atom is 0.238 e. The number of ether oxygens (including phenoxy) is 1. The van der Waals surface area contributed by atoms with E-state index in [0.29, 0.717) is 45.9 Å². The third-order valence-electron chi connectivity index (χ3n) is 9.61. The molecule has 1 aliphatic heterocycles. The van der Waals surface area contributed by atoms with Gasteiger partial charge in [-0.05, 0) is 89.3 Å². The fourth-order valence-electron chi connectivity index (χ4n) is 7.36. The van der Waals surface area contributed by atoms with Crippen LogP contribution < -0.4 is 14.5 Å². The first-order valence-corrected chi connectivity index (χ1v) is 16.3. The number of methoxy groups -OCH3 is 1. The number of nitrogens with zero attached hydrogens (tertiary/aromatic N) is 4. The summed E-state index contributed by atoms with van der Waals surface area (Å²) >= 11 is 3.25. The molecule has 3 aromatic carbocycles. The Hall–Kier alpha value is -5.16. The second-order valence-electron chi connectivity index (χ2n) is 12.5. The Kier molecular flexibility index (Phi) is 7.95. The van der Waals surface area contributed by atoms with E-state index in [1.807, 2.05) is 49.3 Å². The van der Waals surface area contributed by atoms with Gasteiger partial charge in [-0.2, -0.15) is 10.2 Å². The molecule has 0 saturated carbocycles. The van der Waals surface area contributed by atoms with Crippen LogP contribution in [0, 0.1) is 17.8 Å². The van der Waals surface area contributed by atoms with Crippen molar-refractivity contribution in [1.29, 1.82) is 0 Å². The highest BCUT2D eigenvalue weighted by Gasteiger charge is 2.57. The van der Waals surface area contributed by atoms with E-state index in [0.717, 1.165) is 11.3 Å². The average Bonchev–Trinajstić information content (AvgIpc) is 3.34. The molecule has 0 aromatic heterocycles. The van der Waals surface area contributed by atoms with Gasteiger partial charge in [0.25, 0.3) is 0 Å². The number of aromatic hydroxyl groups is 1. The lowest BCUT2D eigenvalue weighted by Crippen LogP contribution is -2.39. The Morgan fingerprint density at radius 1 is 0.896 bits per heavy atom. The molecular weight excluding hydrogens is 676 g/mol. The van der Waals surface area contributed by atoms with Crippen molar-refractivity contribution in [1.82, 2.24) is 0 Å². The molecule has 4 aliphatic rings. The van der Waals surface area contributed by atoms with Crippen molar-refractivity contribution in [3.05, 3.63) is 106 Å². The predicted molar refractivity (Wildman–Crippen MR) is 183 cm³/mol.